The molecule has 3 fully saturated rings. The molecule has 5 heteroatoms. The molecule has 0 radical (unpaired) electrons. The lowest BCUT2D eigenvalue weighted by Crippen LogP contribution is -2.59. The van der Waals surface area contributed by atoms with Gasteiger partial charge in [0.15, 0.2) is 5.78 Å². The van der Waals surface area contributed by atoms with Gasteiger partial charge in [-0.15, -0.1) is 0 Å². The van der Waals surface area contributed by atoms with E-state index < -0.39 is 18.3 Å². The molecule has 0 aromatic heterocycles. The summed E-state index contributed by atoms with van der Waals surface area (Å²) >= 11 is 0. The summed E-state index contributed by atoms with van der Waals surface area (Å²) in [5.41, 5.74) is 1.78. The molecule has 0 amide bonds. The molecule has 0 spiro atoms. The first-order chi connectivity index (χ1) is 15.0. The van der Waals surface area contributed by atoms with Gasteiger partial charge in [0.1, 0.15) is 0 Å². The largest absolute Gasteiger partial charge is 0.396 e. The number of carbonyl (C=O) groups excluding carboxylic acids is 1. The molecule has 5 nitrogen and oxygen atoms in total. The predicted octanol–water partition coefficient (Wildman–Crippen LogP) is 3.63. The van der Waals surface area contributed by atoms with Gasteiger partial charge in [-0.2, -0.15) is 0 Å². The molecule has 0 aromatic rings. The van der Waals surface area contributed by atoms with Crippen LogP contribution in [-0.4, -0.2) is 51.1 Å². The van der Waals surface area contributed by atoms with Crippen LogP contribution in [0.1, 0.15) is 85.5 Å². The summed E-state index contributed by atoms with van der Waals surface area (Å²) in [7, 11) is 0. The van der Waals surface area contributed by atoms with Crippen LogP contribution in [0.25, 0.3) is 0 Å². The third kappa shape index (κ3) is 3.72. The van der Waals surface area contributed by atoms with Gasteiger partial charge in [0.05, 0.1) is 18.3 Å². The van der Waals surface area contributed by atoms with Crippen molar-refractivity contribution >= 4 is 5.78 Å². The molecular weight excluding hydrogens is 404 g/mol. The summed E-state index contributed by atoms with van der Waals surface area (Å²) in [5.74, 6) is 1.28. The number of Topliss-reactive ketones (excluding diaryl/α,β-unsaturated/α-hetero) is 1. The van der Waals surface area contributed by atoms with E-state index in [0.717, 1.165) is 44.1 Å². The van der Waals surface area contributed by atoms with E-state index >= 15 is 0 Å². The Labute approximate surface area is 193 Å². The molecule has 0 bridgehead atoms. The fourth-order valence-electron chi connectivity index (χ4n) is 8.41. The average Bonchev–Trinajstić information content (AvgIpc) is 3.01. The molecule has 0 unspecified atom stereocenters. The smallest absolute Gasteiger partial charge is 0.159 e. The summed E-state index contributed by atoms with van der Waals surface area (Å²) in [4.78, 5) is 13.4. The standard InChI is InChI=1S/C27H44O5/c1-15(14-28)6-5-7-16(2)19-13-22(31)23-17-12-21(30)24-25(32)20(29)9-11-26(24,3)18(17)8-10-27(19,23)4/h15-16,18-21,24-25,28-30,32H,5-14H2,1-4H3/t15-,16-,18+,19-,20+,21+,24+,25+,26-,27-/m1/s1. The SMILES string of the molecule is C[C@@H](CO)CCC[C@@H](C)[C@H]1CC(=O)C2=C3C[C@H](O)[C@H]4[C@@H](O)[C@@H](O)CC[C@]4(C)[C@H]3CC[C@@]21C. The highest BCUT2D eigenvalue weighted by Gasteiger charge is 2.61. The van der Waals surface area contributed by atoms with Gasteiger partial charge in [-0.25, -0.2) is 0 Å². The van der Waals surface area contributed by atoms with E-state index in [1.54, 1.807) is 0 Å². The number of carbonyl (C=O) groups is 1. The van der Waals surface area contributed by atoms with Crippen LogP contribution >= 0.6 is 0 Å². The zero-order valence-electron chi connectivity index (χ0n) is 20.4. The highest BCUT2D eigenvalue weighted by molar-refractivity contribution is 6.00. The van der Waals surface area contributed by atoms with Crippen molar-refractivity contribution in [2.45, 2.75) is 104 Å². The van der Waals surface area contributed by atoms with Gasteiger partial charge < -0.3 is 20.4 Å². The molecule has 32 heavy (non-hydrogen) atoms. The summed E-state index contributed by atoms with van der Waals surface area (Å²) < 4.78 is 0. The van der Waals surface area contributed by atoms with Crippen LogP contribution in [0.2, 0.25) is 0 Å². The van der Waals surface area contributed by atoms with Gasteiger partial charge in [0, 0.05) is 24.5 Å². The van der Waals surface area contributed by atoms with Crippen LogP contribution in [0.3, 0.4) is 0 Å². The Bertz CT molecular complexity index is 761. The van der Waals surface area contributed by atoms with Gasteiger partial charge in [0.2, 0.25) is 0 Å². The molecule has 10 atom stereocenters. The monoisotopic (exact) mass is 448 g/mol. The minimum absolute atomic E-state index is 0.124. The predicted molar refractivity (Wildman–Crippen MR) is 124 cm³/mol. The van der Waals surface area contributed by atoms with Crippen LogP contribution in [0.15, 0.2) is 11.1 Å². The highest BCUT2D eigenvalue weighted by Crippen LogP contribution is 2.65. The number of ketones is 1. The number of hydrogen-bond donors (Lipinski definition) is 4. The normalized spacial score (nSPS) is 45.8. The Morgan fingerprint density at radius 1 is 1.00 bits per heavy atom. The first kappa shape index (κ1) is 24.4. The van der Waals surface area contributed by atoms with Gasteiger partial charge in [0.25, 0.3) is 0 Å². The zero-order chi connectivity index (χ0) is 23.4. The molecule has 3 saturated carbocycles. The van der Waals surface area contributed by atoms with Crippen molar-refractivity contribution in [3.05, 3.63) is 11.1 Å². The Morgan fingerprint density at radius 3 is 2.41 bits per heavy atom. The Hall–Kier alpha value is -0.750. The van der Waals surface area contributed by atoms with Crippen molar-refractivity contribution in [1.82, 2.24) is 0 Å². The first-order valence-corrected chi connectivity index (χ1v) is 13.0. The second-order valence-corrected chi connectivity index (χ2v) is 12.2. The molecular formula is C27H44O5. The second kappa shape index (κ2) is 8.79. The first-order valence-electron chi connectivity index (χ1n) is 13.0. The Balaban J connectivity index is 1.61. The second-order valence-electron chi connectivity index (χ2n) is 12.2. The molecule has 4 rings (SSSR count). The number of aliphatic hydroxyl groups excluding tert-OH is 4. The maximum absolute atomic E-state index is 13.4. The van der Waals surface area contributed by atoms with Gasteiger partial charge in [-0.3, -0.25) is 4.79 Å². The van der Waals surface area contributed by atoms with Crippen LogP contribution in [0.5, 0.6) is 0 Å². The molecule has 0 heterocycles. The maximum atomic E-state index is 13.4. The number of aliphatic hydroxyl groups is 4. The van der Waals surface area contributed by atoms with Crippen molar-refractivity contribution in [1.29, 1.82) is 0 Å². The Kier molecular flexibility index (Phi) is 6.70. The number of allylic oxidation sites excluding steroid dienone is 1. The van der Waals surface area contributed by atoms with E-state index in [-0.39, 0.29) is 35.1 Å². The van der Waals surface area contributed by atoms with E-state index in [2.05, 4.69) is 27.7 Å². The van der Waals surface area contributed by atoms with E-state index in [4.69, 9.17) is 0 Å². The van der Waals surface area contributed by atoms with Crippen molar-refractivity contribution in [2.75, 3.05) is 6.61 Å². The van der Waals surface area contributed by atoms with Crippen LogP contribution < -0.4 is 0 Å². The zero-order valence-corrected chi connectivity index (χ0v) is 20.4. The van der Waals surface area contributed by atoms with Gasteiger partial charge in [-0.1, -0.05) is 46.1 Å². The van der Waals surface area contributed by atoms with Crippen molar-refractivity contribution in [3.8, 4) is 0 Å². The van der Waals surface area contributed by atoms with E-state index in [0.29, 0.717) is 37.0 Å². The molecule has 0 aliphatic heterocycles. The summed E-state index contributed by atoms with van der Waals surface area (Å²) in [6.07, 6.45) is 5.19. The van der Waals surface area contributed by atoms with Crippen LogP contribution in [0, 0.1) is 40.4 Å². The number of hydrogen-bond acceptors (Lipinski definition) is 5. The maximum Gasteiger partial charge on any atom is 0.159 e. The Morgan fingerprint density at radius 2 is 1.72 bits per heavy atom. The third-order valence-corrected chi connectivity index (χ3v) is 10.3. The van der Waals surface area contributed by atoms with Crippen LogP contribution in [0.4, 0.5) is 0 Å². The summed E-state index contributed by atoms with van der Waals surface area (Å²) in [6, 6.07) is 0. The van der Waals surface area contributed by atoms with Crippen molar-refractivity contribution in [2.24, 2.45) is 40.4 Å². The molecule has 182 valence electrons. The minimum Gasteiger partial charge on any atom is -0.396 e. The lowest BCUT2D eigenvalue weighted by atomic mass is 9.47. The third-order valence-electron chi connectivity index (χ3n) is 10.3. The summed E-state index contributed by atoms with van der Waals surface area (Å²) in [5, 5.41) is 41.4. The fraction of sp³-hybridized carbons (Fsp3) is 0.889. The van der Waals surface area contributed by atoms with E-state index in [1.165, 1.54) is 5.57 Å². The molecule has 4 aliphatic rings. The van der Waals surface area contributed by atoms with Crippen molar-refractivity contribution in [3.63, 3.8) is 0 Å². The molecule has 4 aliphatic carbocycles. The van der Waals surface area contributed by atoms with Gasteiger partial charge >= 0.3 is 0 Å². The molecule has 0 saturated heterocycles. The fourth-order valence-corrected chi connectivity index (χ4v) is 8.41. The molecule has 0 aromatic carbocycles. The molecule has 4 N–H and O–H groups in total. The van der Waals surface area contributed by atoms with E-state index in [1.807, 2.05) is 0 Å². The van der Waals surface area contributed by atoms with Crippen molar-refractivity contribution < 1.29 is 25.2 Å². The van der Waals surface area contributed by atoms with E-state index in [9.17, 15) is 25.2 Å². The minimum atomic E-state index is -0.892. The lowest BCUT2D eigenvalue weighted by Gasteiger charge is -2.59. The quantitative estimate of drug-likeness (QED) is 0.497. The van der Waals surface area contributed by atoms with Gasteiger partial charge in [-0.05, 0) is 73.0 Å². The number of fused-ring (bicyclic) bond motifs is 4. The topological polar surface area (TPSA) is 98.0 Å². The lowest BCUT2D eigenvalue weighted by molar-refractivity contribution is -0.166. The average molecular weight is 449 g/mol. The van der Waals surface area contributed by atoms with Crippen LogP contribution in [-0.2, 0) is 4.79 Å². The highest BCUT2D eigenvalue weighted by atomic mass is 16.3. The number of rotatable bonds is 6. The summed E-state index contributed by atoms with van der Waals surface area (Å²) in [6.45, 7) is 9.06.